The van der Waals surface area contributed by atoms with Crippen LogP contribution in [-0.2, 0) is 5.41 Å². The average Bonchev–Trinajstić information content (AvgIpc) is 3.22. The second-order valence-electron chi connectivity index (χ2n) is 5.41. The van der Waals surface area contributed by atoms with Crippen molar-refractivity contribution < 1.29 is 19.7 Å². The van der Waals surface area contributed by atoms with Gasteiger partial charge in [-0.05, 0) is 12.1 Å². The Morgan fingerprint density at radius 3 is 1.58 bits per heavy atom. The van der Waals surface area contributed by atoms with Crippen molar-refractivity contribution in [1.82, 2.24) is 0 Å². The molecule has 0 saturated heterocycles. The Kier molecular flexibility index (Phi) is 1.65. The van der Waals surface area contributed by atoms with Crippen LogP contribution in [-0.4, -0.2) is 10.2 Å². The van der Waals surface area contributed by atoms with Crippen LogP contribution in [0.1, 0.15) is 25.0 Å². The van der Waals surface area contributed by atoms with Crippen LogP contribution in [0.3, 0.4) is 0 Å². The van der Waals surface area contributed by atoms with Gasteiger partial charge in [-0.25, -0.2) is 0 Å². The molecule has 96 valence electrons. The van der Waals surface area contributed by atoms with E-state index in [4.69, 9.17) is 9.47 Å². The first-order valence-electron chi connectivity index (χ1n) is 6.09. The molecular weight excluding hydrogens is 244 g/mol. The Hall–Kier alpha value is -2.36. The number of aromatic hydroxyl groups is 2. The smallest absolute Gasteiger partial charge is 0.211 e. The zero-order valence-electron chi connectivity index (χ0n) is 10.5. The van der Waals surface area contributed by atoms with Crippen LogP contribution in [0.5, 0.6) is 34.5 Å². The summed E-state index contributed by atoms with van der Waals surface area (Å²) >= 11 is 0. The Balaban J connectivity index is 1.86. The van der Waals surface area contributed by atoms with E-state index in [-0.39, 0.29) is 16.9 Å². The van der Waals surface area contributed by atoms with Crippen molar-refractivity contribution in [3.8, 4) is 34.5 Å². The zero-order valence-corrected chi connectivity index (χ0v) is 10.5. The molecule has 0 fully saturated rings. The van der Waals surface area contributed by atoms with Gasteiger partial charge in [-0.15, -0.1) is 0 Å². The Morgan fingerprint density at radius 2 is 1.16 bits per heavy atom. The highest BCUT2D eigenvalue weighted by Gasteiger charge is 2.42. The quantitative estimate of drug-likeness (QED) is 0.537. The van der Waals surface area contributed by atoms with Crippen molar-refractivity contribution in [2.75, 3.05) is 0 Å². The Morgan fingerprint density at radius 1 is 0.737 bits per heavy atom. The number of hydrogen-bond acceptors (Lipinski definition) is 4. The first-order valence-corrected chi connectivity index (χ1v) is 6.09. The third kappa shape index (κ3) is 1.28. The van der Waals surface area contributed by atoms with Gasteiger partial charge < -0.3 is 19.7 Å². The molecule has 0 bridgehead atoms. The van der Waals surface area contributed by atoms with Crippen LogP contribution in [0.4, 0.5) is 0 Å². The third-order valence-corrected chi connectivity index (χ3v) is 3.85. The van der Waals surface area contributed by atoms with Crippen LogP contribution in [0, 0.1) is 0 Å². The molecule has 2 aromatic carbocycles. The van der Waals surface area contributed by atoms with Crippen molar-refractivity contribution in [1.29, 1.82) is 0 Å². The average molecular weight is 256 g/mol. The second-order valence-corrected chi connectivity index (χ2v) is 5.41. The molecule has 2 aliphatic heterocycles. The molecule has 2 N–H and O–H groups in total. The molecule has 2 aromatic rings. The number of hydrogen-bond donors (Lipinski definition) is 2. The number of rotatable bonds is 2. The van der Waals surface area contributed by atoms with E-state index >= 15 is 0 Å². The van der Waals surface area contributed by atoms with Gasteiger partial charge >= 0.3 is 0 Å². The summed E-state index contributed by atoms with van der Waals surface area (Å²) in [5, 5.41) is 19.1. The molecule has 0 spiro atoms. The number of phenolic OH excluding ortho intramolecular Hbond substituents is 2. The summed E-state index contributed by atoms with van der Waals surface area (Å²) in [5.74, 6) is 2.96. The van der Waals surface area contributed by atoms with E-state index in [0.717, 1.165) is 22.6 Å². The first-order chi connectivity index (χ1) is 9.00. The van der Waals surface area contributed by atoms with Gasteiger partial charge in [-0.3, -0.25) is 0 Å². The summed E-state index contributed by atoms with van der Waals surface area (Å²) in [7, 11) is 0. The minimum Gasteiger partial charge on any atom is -0.504 e. The predicted molar refractivity (Wildman–Crippen MR) is 68.5 cm³/mol. The third-order valence-electron chi connectivity index (χ3n) is 3.85. The maximum Gasteiger partial charge on any atom is 0.211 e. The summed E-state index contributed by atoms with van der Waals surface area (Å²) in [6, 6.07) is 7.01. The van der Waals surface area contributed by atoms with Crippen LogP contribution in [0.15, 0.2) is 24.3 Å². The Labute approximate surface area is 109 Å². The fourth-order valence-electron chi connectivity index (χ4n) is 2.60. The SMILES string of the molecule is CC(C)(c1ccc(O)c2c1O2)c1ccc(O)c2c1O2. The standard InChI is InChI=1S/C15H12O4/c1-15(2,7-3-5-9(16)13-11(7)18-13)8-4-6-10(17)14-12(8)19-14/h3-6,16-17H,1-2H3. The topological polar surface area (TPSA) is 65.5 Å². The number of fused-ring (bicyclic) bond motifs is 2. The largest absolute Gasteiger partial charge is 0.504 e. The molecule has 0 amide bonds. The summed E-state index contributed by atoms with van der Waals surface area (Å²) < 4.78 is 10.7. The number of benzene rings is 2. The highest BCUT2D eigenvalue weighted by molar-refractivity contribution is 5.73. The number of phenols is 2. The van der Waals surface area contributed by atoms with E-state index in [9.17, 15) is 10.2 Å². The lowest BCUT2D eigenvalue weighted by molar-refractivity contribution is 0.463. The minimum absolute atomic E-state index is 0.173. The van der Waals surface area contributed by atoms with E-state index < -0.39 is 0 Å². The molecule has 4 nitrogen and oxygen atoms in total. The summed E-state index contributed by atoms with van der Waals surface area (Å²) in [6.45, 7) is 4.13. The molecule has 0 saturated carbocycles. The lowest BCUT2D eigenvalue weighted by Crippen LogP contribution is -2.17. The van der Waals surface area contributed by atoms with E-state index in [1.165, 1.54) is 0 Å². The van der Waals surface area contributed by atoms with Crippen LogP contribution in [0.25, 0.3) is 0 Å². The van der Waals surface area contributed by atoms with Crippen LogP contribution >= 0.6 is 0 Å². The molecular formula is C15H12O4. The van der Waals surface area contributed by atoms with E-state index in [1.54, 1.807) is 12.1 Å². The van der Waals surface area contributed by atoms with Gasteiger partial charge in [-0.1, -0.05) is 26.0 Å². The normalized spacial score (nSPS) is 14.0. The van der Waals surface area contributed by atoms with Gasteiger partial charge in [0.05, 0.1) is 0 Å². The fourth-order valence-corrected chi connectivity index (χ4v) is 2.60. The summed E-state index contributed by atoms with van der Waals surface area (Å²) in [4.78, 5) is 0. The van der Waals surface area contributed by atoms with Gasteiger partial charge in [0.1, 0.15) is 0 Å². The van der Waals surface area contributed by atoms with E-state index in [1.807, 2.05) is 12.1 Å². The molecule has 0 radical (unpaired) electrons. The summed E-state index contributed by atoms with van der Waals surface area (Å²) in [5.41, 5.74) is 1.69. The van der Waals surface area contributed by atoms with Crippen molar-refractivity contribution in [3.63, 3.8) is 0 Å². The second kappa shape index (κ2) is 2.96. The lowest BCUT2D eigenvalue weighted by atomic mass is 9.78. The molecule has 19 heavy (non-hydrogen) atoms. The fraction of sp³-hybridized carbons (Fsp3) is 0.200. The highest BCUT2D eigenvalue weighted by atomic mass is 16.6. The van der Waals surface area contributed by atoms with E-state index in [0.29, 0.717) is 11.5 Å². The predicted octanol–water partition coefficient (Wildman–Crippen LogP) is 3.64. The molecule has 2 aliphatic rings. The maximum atomic E-state index is 9.55. The van der Waals surface area contributed by atoms with Gasteiger partial charge in [0.15, 0.2) is 23.0 Å². The maximum absolute atomic E-state index is 9.55. The van der Waals surface area contributed by atoms with Gasteiger partial charge in [0.2, 0.25) is 11.5 Å². The number of ether oxygens (including phenoxy) is 2. The van der Waals surface area contributed by atoms with Crippen LogP contribution < -0.4 is 9.47 Å². The summed E-state index contributed by atoms with van der Waals surface area (Å²) in [6.07, 6.45) is 0. The van der Waals surface area contributed by atoms with Crippen LogP contribution in [0.2, 0.25) is 0 Å². The molecule has 0 atom stereocenters. The molecule has 0 aliphatic carbocycles. The van der Waals surface area contributed by atoms with Gasteiger partial charge in [0, 0.05) is 16.5 Å². The van der Waals surface area contributed by atoms with Crippen molar-refractivity contribution in [2.45, 2.75) is 19.3 Å². The molecule has 0 unspecified atom stereocenters. The molecule has 2 heterocycles. The molecule has 4 heteroatoms. The van der Waals surface area contributed by atoms with Gasteiger partial charge in [0.25, 0.3) is 0 Å². The van der Waals surface area contributed by atoms with Crippen molar-refractivity contribution in [3.05, 3.63) is 35.4 Å². The molecule has 0 aromatic heterocycles. The highest BCUT2D eigenvalue weighted by Crippen LogP contribution is 2.62. The zero-order chi connectivity index (χ0) is 13.4. The Bertz CT molecular complexity index is 670. The van der Waals surface area contributed by atoms with Crippen molar-refractivity contribution in [2.24, 2.45) is 0 Å². The van der Waals surface area contributed by atoms with Gasteiger partial charge in [-0.2, -0.15) is 0 Å². The molecule has 4 rings (SSSR count). The lowest BCUT2D eigenvalue weighted by Gasteiger charge is -2.23. The minimum atomic E-state index is -0.317. The monoisotopic (exact) mass is 256 g/mol. The van der Waals surface area contributed by atoms with Crippen molar-refractivity contribution >= 4 is 0 Å². The first kappa shape index (κ1) is 10.6. The van der Waals surface area contributed by atoms with E-state index in [2.05, 4.69) is 13.8 Å².